The molecule has 1 atom stereocenters. The summed E-state index contributed by atoms with van der Waals surface area (Å²) in [6, 6.07) is 3.31. The molecule has 0 aliphatic rings. The molecule has 1 heterocycles. The minimum Gasteiger partial charge on any atom is -0.756 e. The van der Waals surface area contributed by atoms with Crippen molar-refractivity contribution < 1.29 is 27.9 Å². The van der Waals surface area contributed by atoms with Crippen LogP contribution in [-0.4, -0.2) is 26.2 Å². The smallest absolute Gasteiger partial charge is 0.267 e. The average molecular weight is 274 g/mol. The van der Waals surface area contributed by atoms with Crippen molar-refractivity contribution in [1.29, 1.82) is 0 Å². The lowest BCUT2D eigenvalue weighted by molar-refractivity contribution is -0.671. The minimum atomic E-state index is -4.22. The molecular formula is C10H15N2O5P. The fourth-order valence-electron chi connectivity index (χ4n) is 1.13. The van der Waals surface area contributed by atoms with Gasteiger partial charge in [0.1, 0.15) is 7.05 Å². The van der Waals surface area contributed by atoms with Crippen LogP contribution in [0.1, 0.15) is 10.4 Å². The van der Waals surface area contributed by atoms with Crippen LogP contribution in [0.2, 0.25) is 0 Å². The first-order chi connectivity index (χ1) is 8.44. The van der Waals surface area contributed by atoms with E-state index >= 15 is 0 Å². The number of aryl methyl sites for hydroxylation is 1. The maximum atomic E-state index is 11.6. The van der Waals surface area contributed by atoms with Crippen molar-refractivity contribution in [2.75, 3.05) is 20.3 Å². The van der Waals surface area contributed by atoms with Gasteiger partial charge in [0.05, 0.1) is 12.2 Å². The Labute approximate surface area is 105 Å². The van der Waals surface area contributed by atoms with Crippen LogP contribution in [0.15, 0.2) is 24.5 Å². The molecule has 7 nitrogen and oxygen atoms in total. The lowest BCUT2D eigenvalue weighted by atomic mass is 10.2. The van der Waals surface area contributed by atoms with E-state index in [1.54, 1.807) is 29.1 Å². The van der Waals surface area contributed by atoms with E-state index < -0.39 is 7.82 Å². The van der Waals surface area contributed by atoms with Crippen LogP contribution in [0.5, 0.6) is 0 Å². The molecule has 1 unspecified atom stereocenters. The van der Waals surface area contributed by atoms with Crippen LogP contribution in [0, 0.1) is 0 Å². The van der Waals surface area contributed by atoms with Crippen molar-refractivity contribution in [2.24, 2.45) is 7.05 Å². The maximum absolute atomic E-state index is 11.6. The highest BCUT2D eigenvalue weighted by atomic mass is 31.2. The third-order valence-electron chi connectivity index (χ3n) is 2.10. The molecule has 0 saturated carbocycles. The molecule has 1 rings (SSSR count). The number of amides is 1. The number of hydrogen-bond acceptors (Lipinski definition) is 5. The first kappa shape index (κ1) is 14.8. The van der Waals surface area contributed by atoms with Crippen molar-refractivity contribution in [3.05, 3.63) is 30.1 Å². The number of rotatable bonds is 6. The van der Waals surface area contributed by atoms with Crippen molar-refractivity contribution in [3.8, 4) is 0 Å². The molecule has 0 fully saturated rings. The molecule has 1 amide bonds. The number of hydrogen-bond donors (Lipinski definition) is 1. The van der Waals surface area contributed by atoms with Gasteiger partial charge in [-0.15, -0.1) is 0 Å². The first-order valence-electron chi connectivity index (χ1n) is 5.19. The molecular weight excluding hydrogens is 259 g/mol. The number of carbonyl (C=O) groups excluding carboxylic acids is 1. The number of nitrogens with one attached hydrogen (secondary N) is 1. The van der Waals surface area contributed by atoms with Gasteiger partial charge in [0.15, 0.2) is 12.4 Å². The van der Waals surface area contributed by atoms with E-state index in [1.165, 1.54) is 0 Å². The fraction of sp³-hybridized carbons (Fsp3) is 0.400. The molecule has 0 aliphatic heterocycles. The number of phosphoric acid groups is 1. The van der Waals surface area contributed by atoms with E-state index in [9.17, 15) is 14.3 Å². The number of pyridine rings is 1. The highest BCUT2D eigenvalue weighted by molar-refractivity contribution is 7.45. The number of aromatic nitrogens is 1. The van der Waals surface area contributed by atoms with Crippen LogP contribution in [-0.2, 0) is 20.7 Å². The van der Waals surface area contributed by atoms with E-state index in [1.807, 2.05) is 7.05 Å². The zero-order valence-electron chi connectivity index (χ0n) is 10.2. The van der Waals surface area contributed by atoms with Gasteiger partial charge in [-0.1, -0.05) is 0 Å². The van der Waals surface area contributed by atoms with E-state index in [2.05, 4.69) is 14.4 Å². The highest BCUT2D eigenvalue weighted by Crippen LogP contribution is 2.36. The summed E-state index contributed by atoms with van der Waals surface area (Å²) in [5.41, 5.74) is 0.491. The lowest BCUT2D eigenvalue weighted by Gasteiger charge is -2.20. The van der Waals surface area contributed by atoms with Crippen molar-refractivity contribution in [1.82, 2.24) is 5.32 Å². The van der Waals surface area contributed by atoms with Gasteiger partial charge in [-0.05, 0) is 0 Å². The van der Waals surface area contributed by atoms with Gasteiger partial charge in [0, 0.05) is 25.8 Å². The normalized spacial score (nSPS) is 13.9. The minimum absolute atomic E-state index is 0.0788. The van der Waals surface area contributed by atoms with Crippen molar-refractivity contribution in [3.63, 3.8) is 0 Å². The lowest BCUT2D eigenvalue weighted by Crippen LogP contribution is -2.30. The standard InChI is InChI=1S/C10H15N2O5P/c1-12-6-3-9(4-7-12)10(13)11-5-8-17-18(14,15)16-2/h3-4,6-7H,5,8H2,1-2H3,(H-,11,13,14,15). The zero-order valence-corrected chi connectivity index (χ0v) is 11.1. The summed E-state index contributed by atoms with van der Waals surface area (Å²) in [6.45, 7) is -0.0869. The van der Waals surface area contributed by atoms with Gasteiger partial charge in [0.25, 0.3) is 13.7 Å². The first-order valence-corrected chi connectivity index (χ1v) is 6.65. The molecule has 0 spiro atoms. The zero-order chi connectivity index (χ0) is 13.6. The van der Waals surface area contributed by atoms with E-state index in [0.29, 0.717) is 5.56 Å². The van der Waals surface area contributed by atoms with Gasteiger partial charge in [0.2, 0.25) is 0 Å². The topological polar surface area (TPSA) is 91.6 Å². The van der Waals surface area contributed by atoms with Crippen LogP contribution >= 0.6 is 7.82 Å². The Bertz CT molecular complexity index is 448. The Morgan fingerprint density at radius 2 is 2.11 bits per heavy atom. The SMILES string of the molecule is COP(=O)([O-])OCCNC(=O)c1cc[n+](C)cc1. The molecule has 1 aromatic heterocycles. The quantitative estimate of drug-likeness (QED) is 0.424. The fourth-order valence-corrected chi connectivity index (χ4v) is 1.55. The molecule has 0 aliphatic carbocycles. The summed E-state index contributed by atoms with van der Waals surface area (Å²) < 4.78 is 21.2. The Hall–Kier alpha value is -1.27. The Kier molecular flexibility index (Phi) is 5.43. The van der Waals surface area contributed by atoms with Crippen LogP contribution in [0.4, 0.5) is 0 Å². The summed E-state index contributed by atoms with van der Waals surface area (Å²) in [5, 5.41) is 2.53. The predicted octanol–water partition coefficient (Wildman–Crippen LogP) is -0.628. The second-order valence-electron chi connectivity index (χ2n) is 3.47. The Balaban J connectivity index is 2.34. The van der Waals surface area contributed by atoms with Gasteiger partial charge >= 0.3 is 0 Å². The highest BCUT2D eigenvalue weighted by Gasteiger charge is 2.08. The third-order valence-corrected chi connectivity index (χ3v) is 3.05. The van der Waals surface area contributed by atoms with Gasteiger partial charge in [-0.3, -0.25) is 9.36 Å². The summed E-state index contributed by atoms with van der Waals surface area (Å²) in [5.74, 6) is -0.294. The molecule has 100 valence electrons. The van der Waals surface area contributed by atoms with Crippen molar-refractivity contribution >= 4 is 13.7 Å². The molecule has 0 aromatic carbocycles. The number of carbonyl (C=O) groups is 1. The third kappa shape index (κ3) is 4.93. The van der Waals surface area contributed by atoms with E-state index in [0.717, 1.165) is 7.11 Å². The number of phosphoric ester groups is 1. The molecule has 0 bridgehead atoms. The van der Waals surface area contributed by atoms with Crippen LogP contribution in [0.25, 0.3) is 0 Å². The van der Waals surface area contributed by atoms with Crippen LogP contribution in [0.3, 0.4) is 0 Å². The average Bonchev–Trinajstić information content (AvgIpc) is 2.35. The summed E-state index contributed by atoms with van der Waals surface area (Å²) in [6.07, 6.45) is 3.48. The molecule has 1 N–H and O–H groups in total. The second kappa shape index (κ2) is 6.61. The summed E-state index contributed by atoms with van der Waals surface area (Å²) in [7, 11) is -1.37. The Morgan fingerprint density at radius 1 is 1.50 bits per heavy atom. The monoisotopic (exact) mass is 274 g/mol. The molecule has 18 heavy (non-hydrogen) atoms. The Morgan fingerprint density at radius 3 is 2.67 bits per heavy atom. The van der Waals surface area contributed by atoms with Gasteiger partial charge in [-0.25, -0.2) is 4.57 Å². The molecule has 0 radical (unpaired) electrons. The molecule has 0 saturated heterocycles. The van der Waals surface area contributed by atoms with Crippen LogP contribution < -0.4 is 14.8 Å². The maximum Gasteiger partial charge on any atom is 0.267 e. The molecule has 8 heteroatoms. The summed E-state index contributed by atoms with van der Waals surface area (Å²) >= 11 is 0. The molecule has 1 aromatic rings. The largest absolute Gasteiger partial charge is 0.756 e. The summed E-state index contributed by atoms with van der Waals surface area (Å²) in [4.78, 5) is 22.4. The van der Waals surface area contributed by atoms with Gasteiger partial charge < -0.3 is 19.3 Å². The van der Waals surface area contributed by atoms with Crippen molar-refractivity contribution in [2.45, 2.75) is 0 Å². The number of nitrogens with zero attached hydrogens (tertiary/aromatic N) is 1. The van der Waals surface area contributed by atoms with E-state index in [4.69, 9.17) is 0 Å². The second-order valence-corrected chi connectivity index (χ2v) is 4.99. The van der Waals surface area contributed by atoms with E-state index in [-0.39, 0.29) is 19.1 Å². The predicted molar refractivity (Wildman–Crippen MR) is 60.5 cm³/mol. The van der Waals surface area contributed by atoms with Gasteiger partial charge in [-0.2, -0.15) is 0 Å².